The Morgan fingerprint density at radius 1 is 1.24 bits per heavy atom. The summed E-state index contributed by atoms with van der Waals surface area (Å²) in [6, 6.07) is 7.58. The Labute approximate surface area is 169 Å². The highest BCUT2D eigenvalue weighted by Crippen LogP contribution is 2.32. The summed E-state index contributed by atoms with van der Waals surface area (Å²) in [5.74, 6) is 1.59. The number of piperidine rings is 1. The quantitative estimate of drug-likeness (QED) is 0.634. The number of aromatic nitrogens is 4. The number of hydrogen-bond acceptors (Lipinski definition) is 7. The molecule has 0 radical (unpaired) electrons. The lowest BCUT2D eigenvalue weighted by Crippen LogP contribution is -2.39. The van der Waals surface area contributed by atoms with Crippen molar-refractivity contribution in [3.8, 4) is 17.3 Å². The number of amides is 1. The normalized spacial score (nSPS) is 16.6. The van der Waals surface area contributed by atoms with Gasteiger partial charge in [0, 0.05) is 18.9 Å². The maximum atomic E-state index is 12.9. The van der Waals surface area contributed by atoms with E-state index < -0.39 is 0 Å². The summed E-state index contributed by atoms with van der Waals surface area (Å²) in [6.07, 6.45) is 7.81. The lowest BCUT2D eigenvalue weighted by molar-refractivity contribution is -0.136. The van der Waals surface area contributed by atoms with E-state index in [1.807, 2.05) is 36.1 Å². The standard InChI is InChI=1S/C21H23N5O3/c1-15-6-2-3-8-18(15)28-13-9-19(27)26-12-5-4-7-17(26)21-25-24-20(29-21)16-14-22-10-11-23-16/h2-3,6,8,10-11,14,17H,4-5,7,9,12-13H2,1H3/t17-/m0/s1. The lowest BCUT2D eigenvalue weighted by Gasteiger charge is -2.33. The Bertz CT molecular complexity index is 960. The summed E-state index contributed by atoms with van der Waals surface area (Å²) in [6.45, 7) is 3.00. The van der Waals surface area contributed by atoms with Crippen LogP contribution in [0.3, 0.4) is 0 Å². The van der Waals surface area contributed by atoms with Crippen molar-refractivity contribution in [2.24, 2.45) is 0 Å². The number of carbonyl (C=O) groups is 1. The molecule has 0 spiro atoms. The number of para-hydroxylation sites is 1. The summed E-state index contributed by atoms with van der Waals surface area (Å²) in [5.41, 5.74) is 1.57. The molecule has 3 aromatic rings. The van der Waals surface area contributed by atoms with Gasteiger partial charge in [0.2, 0.25) is 11.8 Å². The van der Waals surface area contributed by atoms with Gasteiger partial charge in [0.1, 0.15) is 17.5 Å². The van der Waals surface area contributed by atoms with Crippen LogP contribution in [0.4, 0.5) is 0 Å². The molecule has 29 heavy (non-hydrogen) atoms. The van der Waals surface area contributed by atoms with Crippen LogP contribution >= 0.6 is 0 Å². The molecule has 1 saturated heterocycles. The predicted molar refractivity (Wildman–Crippen MR) is 105 cm³/mol. The van der Waals surface area contributed by atoms with Gasteiger partial charge < -0.3 is 14.1 Å². The van der Waals surface area contributed by atoms with Crippen LogP contribution in [0.2, 0.25) is 0 Å². The lowest BCUT2D eigenvalue weighted by atomic mass is 10.0. The maximum Gasteiger partial charge on any atom is 0.267 e. The van der Waals surface area contributed by atoms with Gasteiger partial charge in [-0.15, -0.1) is 10.2 Å². The second-order valence-corrected chi connectivity index (χ2v) is 7.00. The molecule has 150 valence electrons. The average Bonchev–Trinajstić information content (AvgIpc) is 3.26. The fourth-order valence-corrected chi connectivity index (χ4v) is 3.48. The van der Waals surface area contributed by atoms with E-state index in [0.717, 1.165) is 30.6 Å². The van der Waals surface area contributed by atoms with Crippen molar-refractivity contribution in [1.82, 2.24) is 25.1 Å². The zero-order valence-corrected chi connectivity index (χ0v) is 16.3. The van der Waals surface area contributed by atoms with Crippen LogP contribution in [0.1, 0.15) is 43.2 Å². The maximum absolute atomic E-state index is 12.9. The van der Waals surface area contributed by atoms with Crippen LogP contribution in [-0.4, -0.2) is 44.1 Å². The molecule has 1 aliphatic heterocycles. The monoisotopic (exact) mass is 393 g/mol. The zero-order chi connectivity index (χ0) is 20.1. The molecule has 0 aliphatic carbocycles. The van der Waals surface area contributed by atoms with E-state index >= 15 is 0 Å². The average molecular weight is 393 g/mol. The zero-order valence-electron chi connectivity index (χ0n) is 16.3. The highest BCUT2D eigenvalue weighted by molar-refractivity contribution is 5.76. The number of aryl methyl sites for hydroxylation is 1. The van der Waals surface area contributed by atoms with Crippen LogP contribution < -0.4 is 4.74 Å². The third kappa shape index (κ3) is 4.42. The van der Waals surface area contributed by atoms with E-state index in [-0.39, 0.29) is 11.9 Å². The highest BCUT2D eigenvalue weighted by atomic mass is 16.5. The van der Waals surface area contributed by atoms with Gasteiger partial charge in [0.25, 0.3) is 5.89 Å². The molecule has 1 aliphatic rings. The summed E-state index contributed by atoms with van der Waals surface area (Å²) < 4.78 is 11.6. The summed E-state index contributed by atoms with van der Waals surface area (Å²) in [5, 5.41) is 8.26. The molecular weight excluding hydrogens is 370 g/mol. The molecule has 3 heterocycles. The number of rotatable bonds is 6. The van der Waals surface area contributed by atoms with Crippen LogP contribution in [0.25, 0.3) is 11.6 Å². The first-order chi connectivity index (χ1) is 14.2. The van der Waals surface area contributed by atoms with Crippen molar-refractivity contribution >= 4 is 5.91 Å². The highest BCUT2D eigenvalue weighted by Gasteiger charge is 2.32. The fraction of sp³-hybridized carbons (Fsp3) is 0.381. The molecule has 0 unspecified atom stereocenters. The minimum Gasteiger partial charge on any atom is -0.493 e. The van der Waals surface area contributed by atoms with Gasteiger partial charge in [-0.1, -0.05) is 18.2 Å². The van der Waals surface area contributed by atoms with Gasteiger partial charge in [-0.3, -0.25) is 9.78 Å². The third-order valence-electron chi connectivity index (χ3n) is 5.00. The van der Waals surface area contributed by atoms with Crippen molar-refractivity contribution in [1.29, 1.82) is 0 Å². The van der Waals surface area contributed by atoms with Gasteiger partial charge in [0.15, 0.2) is 0 Å². The Kier molecular flexibility index (Phi) is 5.79. The molecule has 1 aromatic carbocycles. The number of nitrogens with zero attached hydrogens (tertiary/aromatic N) is 5. The Morgan fingerprint density at radius 2 is 2.14 bits per heavy atom. The minimum absolute atomic E-state index is 0.0301. The Morgan fingerprint density at radius 3 is 2.97 bits per heavy atom. The molecule has 0 saturated carbocycles. The van der Waals surface area contributed by atoms with E-state index in [9.17, 15) is 4.79 Å². The van der Waals surface area contributed by atoms with Gasteiger partial charge in [-0.2, -0.15) is 0 Å². The smallest absolute Gasteiger partial charge is 0.267 e. The van der Waals surface area contributed by atoms with E-state index in [2.05, 4.69) is 20.2 Å². The second kappa shape index (κ2) is 8.81. The molecule has 0 bridgehead atoms. The van der Waals surface area contributed by atoms with E-state index in [4.69, 9.17) is 9.15 Å². The van der Waals surface area contributed by atoms with Crippen molar-refractivity contribution in [3.05, 3.63) is 54.3 Å². The van der Waals surface area contributed by atoms with Gasteiger partial charge >= 0.3 is 0 Å². The van der Waals surface area contributed by atoms with Crippen molar-refractivity contribution < 1.29 is 13.9 Å². The number of hydrogen-bond donors (Lipinski definition) is 0. The molecule has 0 N–H and O–H groups in total. The Hall–Kier alpha value is -3.29. The van der Waals surface area contributed by atoms with Gasteiger partial charge in [-0.05, 0) is 37.8 Å². The van der Waals surface area contributed by atoms with E-state index in [0.29, 0.717) is 37.0 Å². The second-order valence-electron chi connectivity index (χ2n) is 7.00. The number of benzene rings is 1. The fourth-order valence-electron chi connectivity index (χ4n) is 3.48. The van der Waals surface area contributed by atoms with Crippen LogP contribution in [-0.2, 0) is 4.79 Å². The van der Waals surface area contributed by atoms with Crippen molar-refractivity contribution in [2.75, 3.05) is 13.2 Å². The topological polar surface area (TPSA) is 94.2 Å². The molecule has 8 nitrogen and oxygen atoms in total. The molecule has 8 heteroatoms. The molecule has 1 fully saturated rings. The summed E-state index contributed by atoms with van der Waals surface area (Å²) >= 11 is 0. The van der Waals surface area contributed by atoms with Crippen LogP contribution in [0.5, 0.6) is 5.75 Å². The summed E-state index contributed by atoms with van der Waals surface area (Å²) in [4.78, 5) is 22.9. The first kappa shape index (κ1) is 19.0. The van der Waals surface area contributed by atoms with Gasteiger partial charge in [0.05, 0.1) is 19.2 Å². The number of likely N-dealkylation sites (tertiary alicyclic amines) is 1. The molecule has 2 aromatic heterocycles. The molecule has 1 amide bonds. The van der Waals surface area contributed by atoms with E-state index in [1.54, 1.807) is 18.6 Å². The van der Waals surface area contributed by atoms with E-state index in [1.165, 1.54) is 0 Å². The predicted octanol–water partition coefficient (Wildman–Crippen LogP) is 3.36. The minimum atomic E-state index is -0.215. The van der Waals surface area contributed by atoms with Crippen LogP contribution in [0, 0.1) is 6.92 Å². The molecule has 4 rings (SSSR count). The van der Waals surface area contributed by atoms with Crippen molar-refractivity contribution in [2.45, 2.75) is 38.6 Å². The Balaban J connectivity index is 1.41. The third-order valence-corrected chi connectivity index (χ3v) is 5.00. The van der Waals surface area contributed by atoms with Crippen LogP contribution in [0.15, 0.2) is 47.3 Å². The van der Waals surface area contributed by atoms with Crippen molar-refractivity contribution in [3.63, 3.8) is 0 Å². The largest absolute Gasteiger partial charge is 0.493 e. The number of ether oxygens (including phenoxy) is 1. The molecule has 1 atom stereocenters. The number of carbonyl (C=O) groups excluding carboxylic acids is 1. The first-order valence-corrected chi connectivity index (χ1v) is 9.80. The SMILES string of the molecule is Cc1ccccc1OCCC(=O)N1CCCC[C@H]1c1nnc(-c2cnccn2)o1. The molecular formula is C21H23N5O3. The first-order valence-electron chi connectivity index (χ1n) is 9.80. The van der Waals surface area contributed by atoms with Gasteiger partial charge in [-0.25, -0.2) is 4.98 Å². The summed E-state index contributed by atoms with van der Waals surface area (Å²) in [7, 11) is 0.